The molecular weight excluding hydrogens is 369 g/mol. The van der Waals surface area contributed by atoms with E-state index in [-0.39, 0.29) is 15.5 Å². The van der Waals surface area contributed by atoms with E-state index in [1.807, 2.05) is 20.8 Å². The first-order chi connectivity index (χ1) is 10.9. The lowest BCUT2D eigenvalue weighted by atomic mass is 9.96. The van der Waals surface area contributed by atoms with Crippen LogP contribution in [0.25, 0.3) is 0 Å². The molecule has 0 fully saturated rings. The van der Waals surface area contributed by atoms with Crippen molar-refractivity contribution in [2.24, 2.45) is 0 Å². The van der Waals surface area contributed by atoms with E-state index in [0.29, 0.717) is 11.9 Å². The Kier molecular flexibility index (Phi) is 4.82. The van der Waals surface area contributed by atoms with Gasteiger partial charge in [-0.1, -0.05) is 32.4 Å². The van der Waals surface area contributed by atoms with Crippen LogP contribution in [-0.2, 0) is 11.6 Å². The highest BCUT2D eigenvalue weighted by molar-refractivity contribution is 7.99. The standard InChI is InChI=1S/C13H12ClF3N4O2S/c1-12(2,3)10-18-11(20-19-10)24-9-5-7(14)6(13(15,16)17)4-8(9)21(22)23/h4-5H,1-3H3,(H,18,19,20). The number of nitro groups is 1. The highest BCUT2D eigenvalue weighted by Crippen LogP contribution is 2.42. The van der Waals surface area contributed by atoms with E-state index in [4.69, 9.17) is 11.6 Å². The first-order valence-electron chi connectivity index (χ1n) is 6.55. The van der Waals surface area contributed by atoms with Gasteiger partial charge >= 0.3 is 6.18 Å². The number of benzene rings is 1. The molecule has 0 atom stereocenters. The molecule has 1 N–H and O–H groups in total. The van der Waals surface area contributed by atoms with Crippen LogP contribution in [0.2, 0.25) is 5.02 Å². The molecule has 0 saturated heterocycles. The number of alkyl halides is 3. The van der Waals surface area contributed by atoms with Crippen LogP contribution in [-0.4, -0.2) is 20.1 Å². The van der Waals surface area contributed by atoms with Gasteiger partial charge in [0.25, 0.3) is 5.69 Å². The minimum Gasteiger partial charge on any atom is -0.262 e. The Morgan fingerprint density at radius 3 is 2.38 bits per heavy atom. The summed E-state index contributed by atoms with van der Waals surface area (Å²) in [6, 6.07) is 1.32. The third kappa shape index (κ3) is 3.99. The van der Waals surface area contributed by atoms with E-state index in [1.54, 1.807) is 0 Å². The summed E-state index contributed by atoms with van der Waals surface area (Å²) in [6.07, 6.45) is -4.78. The Morgan fingerprint density at radius 2 is 1.92 bits per heavy atom. The lowest BCUT2D eigenvalue weighted by Crippen LogP contribution is -2.13. The molecule has 0 amide bonds. The number of H-pyrrole nitrogens is 1. The van der Waals surface area contributed by atoms with Crippen LogP contribution in [0.15, 0.2) is 22.2 Å². The van der Waals surface area contributed by atoms with E-state index in [0.717, 1.165) is 17.8 Å². The molecule has 0 aliphatic heterocycles. The number of nitrogens with zero attached hydrogens (tertiary/aromatic N) is 3. The monoisotopic (exact) mass is 380 g/mol. The summed E-state index contributed by atoms with van der Waals surface area (Å²) in [5, 5.41) is 17.2. The van der Waals surface area contributed by atoms with E-state index < -0.39 is 27.4 Å². The van der Waals surface area contributed by atoms with Crippen LogP contribution < -0.4 is 0 Å². The van der Waals surface area contributed by atoms with Crippen molar-refractivity contribution in [3.8, 4) is 0 Å². The Bertz CT molecular complexity index is 786. The largest absolute Gasteiger partial charge is 0.418 e. The molecule has 0 unspecified atom stereocenters. The van der Waals surface area contributed by atoms with Crippen LogP contribution in [0.1, 0.15) is 32.2 Å². The molecular formula is C13H12ClF3N4O2S. The second-order valence-electron chi connectivity index (χ2n) is 5.87. The summed E-state index contributed by atoms with van der Waals surface area (Å²) >= 11 is 6.40. The van der Waals surface area contributed by atoms with Gasteiger partial charge in [-0.2, -0.15) is 13.2 Å². The van der Waals surface area contributed by atoms with Crippen LogP contribution in [0.5, 0.6) is 0 Å². The Hall–Kier alpha value is -1.81. The van der Waals surface area contributed by atoms with Crippen molar-refractivity contribution in [3.05, 3.63) is 38.7 Å². The van der Waals surface area contributed by atoms with E-state index in [9.17, 15) is 23.3 Å². The first kappa shape index (κ1) is 18.5. The number of nitro benzene ring substituents is 1. The quantitative estimate of drug-likeness (QED) is 0.608. The van der Waals surface area contributed by atoms with Crippen molar-refractivity contribution < 1.29 is 18.1 Å². The van der Waals surface area contributed by atoms with Gasteiger partial charge in [0.2, 0.25) is 5.16 Å². The molecule has 1 aromatic carbocycles. The number of rotatable bonds is 3. The van der Waals surface area contributed by atoms with E-state index in [1.165, 1.54) is 0 Å². The average molecular weight is 381 g/mol. The van der Waals surface area contributed by atoms with Crippen molar-refractivity contribution in [1.82, 2.24) is 15.2 Å². The lowest BCUT2D eigenvalue weighted by molar-refractivity contribution is -0.388. The number of hydrogen-bond acceptors (Lipinski definition) is 5. The van der Waals surface area contributed by atoms with Gasteiger partial charge in [0.05, 0.1) is 20.4 Å². The Morgan fingerprint density at radius 1 is 1.29 bits per heavy atom. The lowest BCUT2D eigenvalue weighted by Gasteiger charge is -2.12. The van der Waals surface area contributed by atoms with E-state index in [2.05, 4.69) is 15.2 Å². The molecule has 1 heterocycles. The zero-order chi connectivity index (χ0) is 18.3. The molecule has 2 aromatic rings. The molecule has 0 radical (unpaired) electrons. The van der Waals surface area contributed by atoms with Gasteiger partial charge in [0, 0.05) is 11.5 Å². The molecule has 24 heavy (non-hydrogen) atoms. The molecule has 0 aliphatic rings. The highest BCUT2D eigenvalue weighted by atomic mass is 35.5. The second kappa shape index (κ2) is 6.25. The van der Waals surface area contributed by atoms with Crippen LogP contribution >= 0.6 is 23.4 Å². The van der Waals surface area contributed by atoms with Crippen molar-refractivity contribution >= 4 is 29.1 Å². The molecule has 0 spiro atoms. The maximum Gasteiger partial charge on any atom is 0.418 e. The summed E-state index contributed by atoms with van der Waals surface area (Å²) in [4.78, 5) is 14.3. The number of aromatic nitrogens is 3. The Balaban J connectivity index is 2.45. The fourth-order valence-electron chi connectivity index (χ4n) is 1.71. The van der Waals surface area contributed by atoms with Gasteiger partial charge in [-0.25, -0.2) is 4.98 Å². The topological polar surface area (TPSA) is 84.7 Å². The van der Waals surface area contributed by atoms with Gasteiger partial charge in [-0.3, -0.25) is 15.2 Å². The smallest absolute Gasteiger partial charge is 0.262 e. The van der Waals surface area contributed by atoms with Crippen molar-refractivity contribution in [3.63, 3.8) is 0 Å². The minimum atomic E-state index is -4.78. The third-order valence-electron chi connectivity index (χ3n) is 2.93. The van der Waals surface area contributed by atoms with Crippen molar-refractivity contribution in [2.75, 3.05) is 0 Å². The number of hydrogen-bond donors (Lipinski definition) is 1. The molecule has 11 heteroatoms. The normalized spacial score (nSPS) is 12.5. The van der Waals surface area contributed by atoms with Gasteiger partial charge < -0.3 is 0 Å². The molecule has 1 aromatic heterocycles. The zero-order valence-corrected chi connectivity index (χ0v) is 14.3. The number of halogens is 4. The summed E-state index contributed by atoms with van der Waals surface area (Å²) in [7, 11) is 0. The number of nitrogens with one attached hydrogen (secondary N) is 1. The summed E-state index contributed by atoms with van der Waals surface area (Å²) in [6.45, 7) is 5.66. The second-order valence-corrected chi connectivity index (χ2v) is 7.29. The SMILES string of the molecule is CC(C)(C)c1nc(Sc2cc(Cl)c(C(F)(F)F)cc2[N+](=O)[O-])n[nH]1. The maximum absolute atomic E-state index is 12.8. The number of aromatic amines is 1. The predicted octanol–water partition coefficient (Wildman–Crippen LogP) is 4.83. The molecule has 0 bridgehead atoms. The zero-order valence-electron chi connectivity index (χ0n) is 12.7. The van der Waals surface area contributed by atoms with Gasteiger partial charge in [0.15, 0.2) is 0 Å². The van der Waals surface area contributed by atoms with Crippen LogP contribution in [0, 0.1) is 10.1 Å². The van der Waals surface area contributed by atoms with Crippen LogP contribution in [0.3, 0.4) is 0 Å². The third-order valence-corrected chi connectivity index (χ3v) is 4.15. The molecule has 130 valence electrons. The fourth-order valence-corrected chi connectivity index (χ4v) is 2.89. The summed E-state index contributed by atoms with van der Waals surface area (Å²) in [5.74, 6) is 0.547. The van der Waals surface area contributed by atoms with Gasteiger partial charge in [-0.15, -0.1) is 5.10 Å². The van der Waals surface area contributed by atoms with Gasteiger partial charge in [-0.05, 0) is 17.8 Å². The van der Waals surface area contributed by atoms with Gasteiger partial charge in [0.1, 0.15) is 5.82 Å². The summed E-state index contributed by atoms with van der Waals surface area (Å²) < 4.78 is 38.5. The molecule has 2 rings (SSSR count). The molecule has 0 aliphatic carbocycles. The van der Waals surface area contributed by atoms with Crippen molar-refractivity contribution in [2.45, 2.75) is 42.4 Å². The predicted molar refractivity (Wildman–Crippen MR) is 82.3 cm³/mol. The maximum atomic E-state index is 12.8. The average Bonchev–Trinajstić information content (AvgIpc) is 2.85. The Labute approximate surface area is 144 Å². The summed E-state index contributed by atoms with van der Waals surface area (Å²) in [5.41, 5.74) is -2.29. The highest BCUT2D eigenvalue weighted by Gasteiger charge is 2.36. The first-order valence-corrected chi connectivity index (χ1v) is 7.75. The van der Waals surface area contributed by atoms with E-state index >= 15 is 0 Å². The molecule has 0 saturated carbocycles. The van der Waals surface area contributed by atoms with Crippen LogP contribution in [0.4, 0.5) is 18.9 Å². The minimum absolute atomic E-state index is 0.0718. The fraction of sp³-hybridized carbons (Fsp3) is 0.385. The molecule has 6 nitrogen and oxygen atoms in total. The van der Waals surface area contributed by atoms with Crippen molar-refractivity contribution in [1.29, 1.82) is 0 Å².